The van der Waals surface area contributed by atoms with Gasteiger partial charge < -0.3 is 10.5 Å². The Morgan fingerprint density at radius 1 is 1.10 bits per heavy atom. The van der Waals surface area contributed by atoms with Crippen LogP contribution in [0.4, 0.5) is 0 Å². The largest absolute Gasteiger partial charge is 0.358 e. The van der Waals surface area contributed by atoms with Crippen LogP contribution >= 0.6 is 11.3 Å². The number of nitrogens with two attached hydrogens (primary N) is 1. The van der Waals surface area contributed by atoms with E-state index >= 15 is 0 Å². The molecule has 0 amide bonds. The standard InChI is InChI=1S/C16H20N2OS/c1-15(2)12-13(16(3,4)19-15)20-14(18-12)11-7-5-10(9-17)6-8-11/h5-8H,9,17H2,1-4H3. The molecule has 1 aromatic heterocycles. The van der Waals surface area contributed by atoms with Crippen molar-refractivity contribution in [2.24, 2.45) is 5.73 Å². The van der Waals surface area contributed by atoms with Crippen molar-refractivity contribution in [3.8, 4) is 10.6 Å². The molecule has 0 radical (unpaired) electrons. The second-order valence-corrected chi connectivity index (χ2v) is 7.22. The van der Waals surface area contributed by atoms with Crippen molar-refractivity contribution < 1.29 is 4.74 Å². The molecule has 2 aromatic rings. The minimum Gasteiger partial charge on any atom is -0.358 e. The normalized spacial score (nSPS) is 19.1. The lowest BCUT2D eigenvalue weighted by atomic mass is 10.0. The average molecular weight is 288 g/mol. The summed E-state index contributed by atoms with van der Waals surface area (Å²) in [5, 5.41) is 1.06. The molecule has 0 bridgehead atoms. The molecule has 20 heavy (non-hydrogen) atoms. The monoisotopic (exact) mass is 288 g/mol. The van der Waals surface area contributed by atoms with Crippen LogP contribution in [0.1, 0.15) is 43.8 Å². The zero-order valence-electron chi connectivity index (χ0n) is 12.4. The maximum Gasteiger partial charge on any atom is 0.124 e. The summed E-state index contributed by atoms with van der Waals surface area (Å²) in [6, 6.07) is 8.32. The summed E-state index contributed by atoms with van der Waals surface area (Å²) in [5.41, 5.74) is 8.43. The minimum absolute atomic E-state index is 0.258. The first-order valence-electron chi connectivity index (χ1n) is 6.85. The minimum atomic E-state index is -0.315. The van der Waals surface area contributed by atoms with Crippen LogP contribution < -0.4 is 5.73 Å². The molecule has 0 fully saturated rings. The molecule has 106 valence electrons. The van der Waals surface area contributed by atoms with Crippen molar-refractivity contribution in [1.29, 1.82) is 0 Å². The van der Waals surface area contributed by atoms with Crippen LogP contribution in [0.3, 0.4) is 0 Å². The number of ether oxygens (including phenoxy) is 1. The quantitative estimate of drug-likeness (QED) is 0.915. The maximum absolute atomic E-state index is 6.11. The number of thiazole rings is 1. The van der Waals surface area contributed by atoms with E-state index in [9.17, 15) is 0 Å². The molecule has 0 atom stereocenters. The van der Waals surface area contributed by atoms with Gasteiger partial charge in [0.1, 0.15) is 10.6 Å². The molecule has 1 aliphatic rings. The van der Waals surface area contributed by atoms with E-state index in [1.807, 2.05) is 0 Å². The van der Waals surface area contributed by atoms with E-state index in [-0.39, 0.29) is 11.2 Å². The number of fused-ring (bicyclic) bond motifs is 1. The molecule has 3 rings (SSSR count). The first-order chi connectivity index (χ1) is 9.33. The van der Waals surface area contributed by atoms with Crippen LogP contribution in [-0.4, -0.2) is 4.98 Å². The van der Waals surface area contributed by atoms with Gasteiger partial charge in [-0.3, -0.25) is 0 Å². The van der Waals surface area contributed by atoms with Crippen molar-refractivity contribution in [1.82, 2.24) is 4.98 Å². The van der Waals surface area contributed by atoms with E-state index in [1.165, 1.54) is 4.88 Å². The van der Waals surface area contributed by atoms with Gasteiger partial charge in [0, 0.05) is 12.1 Å². The molecule has 0 saturated heterocycles. The number of hydrogen-bond acceptors (Lipinski definition) is 4. The van der Waals surface area contributed by atoms with E-state index in [0.29, 0.717) is 6.54 Å². The lowest BCUT2D eigenvalue weighted by molar-refractivity contribution is -0.105. The molecule has 0 aliphatic carbocycles. The van der Waals surface area contributed by atoms with E-state index in [1.54, 1.807) is 11.3 Å². The fourth-order valence-corrected chi connectivity index (χ4v) is 4.04. The van der Waals surface area contributed by atoms with Crippen LogP contribution in [0.15, 0.2) is 24.3 Å². The summed E-state index contributed by atoms with van der Waals surface area (Å²) in [6.07, 6.45) is 0. The highest BCUT2D eigenvalue weighted by molar-refractivity contribution is 7.15. The third-order valence-corrected chi connectivity index (χ3v) is 5.10. The summed E-state index contributed by atoms with van der Waals surface area (Å²) in [4.78, 5) is 6.06. The predicted molar refractivity (Wildman–Crippen MR) is 82.6 cm³/mol. The SMILES string of the molecule is CC1(C)OC(C)(C)c2sc(-c3ccc(CN)cc3)nc21. The molecule has 3 nitrogen and oxygen atoms in total. The van der Waals surface area contributed by atoms with E-state index in [4.69, 9.17) is 15.5 Å². The molecular formula is C16H20N2OS. The van der Waals surface area contributed by atoms with Gasteiger partial charge in [0.25, 0.3) is 0 Å². The molecular weight excluding hydrogens is 268 g/mol. The molecule has 0 saturated carbocycles. The Balaban J connectivity index is 2.05. The fraction of sp³-hybridized carbons (Fsp3) is 0.438. The highest BCUT2D eigenvalue weighted by Crippen LogP contribution is 2.50. The van der Waals surface area contributed by atoms with Gasteiger partial charge in [-0.05, 0) is 33.3 Å². The van der Waals surface area contributed by atoms with Crippen molar-refractivity contribution in [2.75, 3.05) is 0 Å². The molecule has 2 N–H and O–H groups in total. The van der Waals surface area contributed by atoms with Crippen molar-refractivity contribution in [3.63, 3.8) is 0 Å². The van der Waals surface area contributed by atoms with E-state index < -0.39 is 0 Å². The van der Waals surface area contributed by atoms with Gasteiger partial charge >= 0.3 is 0 Å². The Labute approximate surface area is 123 Å². The van der Waals surface area contributed by atoms with Gasteiger partial charge in [0.05, 0.1) is 16.2 Å². The Kier molecular flexibility index (Phi) is 3.01. The predicted octanol–water partition coefficient (Wildman–Crippen LogP) is 3.77. The highest BCUT2D eigenvalue weighted by Gasteiger charge is 2.46. The Morgan fingerprint density at radius 2 is 1.75 bits per heavy atom. The van der Waals surface area contributed by atoms with Gasteiger partial charge in [-0.25, -0.2) is 4.98 Å². The smallest absolute Gasteiger partial charge is 0.124 e. The molecule has 1 aromatic carbocycles. The second-order valence-electron chi connectivity index (χ2n) is 6.22. The zero-order chi connectivity index (χ0) is 14.5. The third-order valence-electron chi connectivity index (χ3n) is 3.69. The van der Waals surface area contributed by atoms with Gasteiger partial charge in [-0.2, -0.15) is 0 Å². The van der Waals surface area contributed by atoms with Crippen molar-refractivity contribution in [3.05, 3.63) is 40.4 Å². The van der Waals surface area contributed by atoms with Gasteiger partial charge in [0.2, 0.25) is 0 Å². The van der Waals surface area contributed by atoms with Crippen LogP contribution in [0, 0.1) is 0 Å². The number of rotatable bonds is 2. The number of benzene rings is 1. The zero-order valence-corrected chi connectivity index (χ0v) is 13.2. The lowest BCUT2D eigenvalue weighted by Gasteiger charge is -2.24. The first-order valence-corrected chi connectivity index (χ1v) is 7.66. The summed E-state index contributed by atoms with van der Waals surface area (Å²) < 4.78 is 6.11. The number of nitrogens with zero attached hydrogens (tertiary/aromatic N) is 1. The fourth-order valence-electron chi connectivity index (χ4n) is 2.78. The van der Waals surface area contributed by atoms with Gasteiger partial charge in [-0.1, -0.05) is 24.3 Å². The van der Waals surface area contributed by atoms with Crippen LogP contribution in [-0.2, 0) is 22.5 Å². The molecule has 1 aliphatic heterocycles. The lowest BCUT2D eigenvalue weighted by Crippen LogP contribution is -2.23. The van der Waals surface area contributed by atoms with E-state index in [0.717, 1.165) is 21.8 Å². The summed E-state index contributed by atoms with van der Waals surface area (Å²) in [5.74, 6) is 0. The topological polar surface area (TPSA) is 48.1 Å². The summed E-state index contributed by atoms with van der Waals surface area (Å²) in [6.45, 7) is 8.96. The Hall–Kier alpha value is -1.23. The van der Waals surface area contributed by atoms with Crippen molar-refractivity contribution in [2.45, 2.75) is 45.4 Å². The van der Waals surface area contributed by atoms with Crippen molar-refractivity contribution >= 4 is 11.3 Å². The maximum atomic E-state index is 6.11. The molecule has 2 heterocycles. The van der Waals surface area contributed by atoms with E-state index in [2.05, 4.69) is 52.0 Å². The third kappa shape index (κ3) is 2.08. The highest BCUT2D eigenvalue weighted by atomic mass is 32.1. The molecule has 0 spiro atoms. The summed E-state index contributed by atoms with van der Waals surface area (Å²) in [7, 11) is 0. The summed E-state index contributed by atoms with van der Waals surface area (Å²) >= 11 is 1.73. The average Bonchev–Trinajstić information content (AvgIpc) is 2.90. The Morgan fingerprint density at radius 3 is 2.30 bits per heavy atom. The van der Waals surface area contributed by atoms with Crippen LogP contribution in [0.25, 0.3) is 10.6 Å². The van der Waals surface area contributed by atoms with Crippen LogP contribution in [0.2, 0.25) is 0 Å². The Bertz CT molecular complexity index is 609. The second kappa shape index (κ2) is 4.38. The molecule has 4 heteroatoms. The number of hydrogen-bond donors (Lipinski definition) is 1. The molecule has 0 unspecified atom stereocenters. The van der Waals surface area contributed by atoms with Crippen LogP contribution in [0.5, 0.6) is 0 Å². The number of aromatic nitrogens is 1. The van der Waals surface area contributed by atoms with Gasteiger partial charge in [-0.15, -0.1) is 11.3 Å². The van der Waals surface area contributed by atoms with Gasteiger partial charge in [0.15, 0.2) is 0 Å². The first kappa shape index (κ1) is 13.7.